The van der Waals surface area contributed by atoms with Crippen molar-refractivity contribution in [2.24, 2.45) is 0 Å². The monoisotopic (exact) mass is 338 g/mol. The number of hydrogen-bond acceptors (Lipinski definition) is 5. The highest BCUT2D eigenvalue weighted by Crippen LogP contribution is 2.26. The van der Waals surface area contributed by atoms with Gasteiger partial charge in [0.2, 0.25) is 5.91 Å². The number of benzene rings is 1. The summed E-state index contributed by atoms with van der Waals surface area (Å²) >= 11 is 0. The quantitative estimate of drug-likeness (QED) is 0.841. The Morgan fingerprint density at radius 1 is 1.32 bits per heavy atom. The largest absolute Gasteiger partial charge is 0.396 e. The van der Waals surface area contributed by atoms with E-state index in [1.54, 1.807) is 6.20 Å². The number of carbonyl (C=O) groups excluding carboxylic acids is 1. The van der Waals surface area contributed by atoms with Crippen molar-refractivity contribution >= 4 is 5.91 Å². The molecule has 0 aliphatic carbocycles. The van der Waals surface area contributed by atoms with Gasteiger partial charge in [-0.2, -0.15) is 5.26 Å². The summed E-state index contributed by atoms with van der Waals surface area (Å²) in [5, 5.41) is 20.8. The summed E-state index contributed by atoms with van der Waals surface area (Å²) in [4.78, 5) is 20.8. The van der Waals surface area contributed by atoms with Crippen LogP contribution in [0.2, 0.25) is 0 Å². The van der Waals surface area contributed by atoms with Gasteiger partial charge in [0.15, 0.2) is 5.69 Å². The van der Waals surface area contributed by atoms with Gasteiger partial charge in [-0.3, -0.25) is 9.78 Å². The molecule has 6 nitrogen and oxygen atoms in total. The minimum atomic E-state index is -0.706. The molecule has 130 valence electrons. The van der Waals surface area contributed by atoms with E-state index in [0.29, 0.717) is 12.1 Å². The second-order valence-corrected chi connectivity index (χ2v) is 6.49. The van der Waals surface area contributed by atoms with E-state index >= 15 is 0 Å². The van der Waals surface area contributed by atoms with Crippen molar-refractivity contribution < 1.29 is 9.90 Å². The van der Waals surface area contributed by atoms with Crippen LogP contribution in [-0.2, 0) is 10.2 Å². The van der Waals surface area contributed by atoms with E-state index in [-0.39, 0.29) is 24.2 Å². The summed E-state index contributed by atoms with van der Waals surface area (Å²) in [5.41, 5.74) is 1.87. The summed E-state index contributed by atoms with van der Waals surface area (Å²) in [7, 11) is 0. The van der Waals surface area contributed by atoms with Crippen LogP contribution in [0, 0.1) is 11.3 Å². The van der Waals surface area contributed by atoms with E-state index in [9.17, 15) is 4.79 Å². The summed E-state index contributed by atoms with van der Waals surface area (Å²) in [6.07, 6.45) is 3.54. The number of nitriles is 1. The summed E-state index contributed by atoms with van der Waals surface area (Å²) < 4.78 is 0. The van der Waals surface area contributed by atoms with Crippen LogP contribution in [-0.4, -0.2) is 33.6 Å². The highest BCUT2D eigenvalue weighted by molar-refractivity contribution is 5.87. The van der Waals surface area contributed by atoms with Crippen molar-refractivity contribution in [3.8, 4) is 17.3 Å². The molecule has 25 heavy (non-hydrogen) atoms. The van der Waals surface area contributed by atoms with Crippen LogP contribution in [0.25, 0.3) is 11.3 Å². The van der Waals surface area contributed by atoms with Gasteiger partial charge in [0.05, 0.1) is 23.5 Å². The molecule has 1 amide bonds. The molecule has 2 aromatic rings. The number of carbonyl (C=O) groups is 1. The Kier molecular flexibility index (Phi) is 5.84. The van der Waals surface area contributed by atoms with E-state index in [1.165, 1.54) is 6.20 Å². The molecule has 1 atom stereocenters. The number of rotatable bonds is 6. The van der Waals surface area contributed by atoms with Crippen LogP contribution >= 0.6 is 0 Å². The molecule has 0 saturated heterocycles. The van der Waals surface area contributed by atoms with E-state index in [1.807, 2.05) is 51.1 Å². The highest BCUT2D eigenvalue weighted by atomic mass is 16.3. The standard InChI is InChI=1S/C19H22N4O2/c1-13(8-9-24)22-18(25)19(2,3)15-6-4-14(5-7-15)17-12-21-11-16(10-20)23-17/h4-7,11-13,24H,8-9H2,1-3H3,(H,22,25)/t13-/m0/s1. The first kappa shape index (κ1) is 18.6. The van der Waals surface area contributed by atoms with Crippen LogP contribution in [0.3, 0.4) is 0 Å². The SMILES string of the molecule is C[C@@H](CCO)NC(=O)C(C)(C)c1ccc(-c2cncc(C#N)n2)cc1. The Morgan fingerprint density at radius 3 is 2.60 bits per heavy atom. The minimum absolute atomic E-state index is 0.0410. The molecular formula is C19H22N4O2. The third-order valence-corrected chi connectivity index (χ3v) is 4.16. The van der Waals surface area contributed by atoms with Gasteiger partial charge < -0.3 is 10.4 Å². The number of nitrogens with zero attached hydrogens (tertiary/aromatic N) is 3. The predicted octanol–water partition coefficient (Wildman–Crippen LogP) is 2.18. The molecule has 1 aromatic carbocycles. The molecule has 0 aliphatic heterocycles. The van der Waals surface area contributed by atoms with Gasteiger partial charge in [0.25, 0.3) is 0 Å². The Balaban J connectivity index is 2.20. The molecule has 0 saturated carbocycles. The fourth-order valence-corrected chi connectivity index (χ4v) is 2.42. The van der Waals surface area contributed by atoms with Gasteiger partial charge in [-0.05, 0) is 32.8 Å². The van der Waals surface area contributed by atoms with Crippen molar-refractivity contribution in [1.29, 1.82) is 5.26 Å². The molecule has 0 bridgehead atoms. The summed E-state index contributed by atoms with van der Waals surface area (Å²) in [6, 6.07) is 9.39. The molecular weight excluding hydrogens is 316 g/mol. The van der Waals surface area contributed by atoms with E-state index in [2.05, 4.69) is 15.3 Å². The average molecular weight is 338 g/mol. The third-order valence-electron chi connectivity index (χ3n) is 4.16. The van der Waals surface area contributed by atoms with Crippen molar-refractivity contribution in [2.75, 3.05) is 6.61 Å². The third kappa shape index (κ3) is 4.40. The second kappa shape index (κ2) is 7.86. The smallest absolute Gasteiger partial charge is 0.230 e. The molecule has 0 unspecified atom stereocenters. The van der Waals surface area contributed by atoms with E-state index in [0.717, 1.165) is 11.1 Å². The first-order valence-corrected chi connectivity index (χ1v) is 8.13. The molecule has 1 aromatic heterocycles. The van der Waals surface area contributed by atoms with Crippen molar-refractivity contribution in [3.63, 3.8) is 0 Å². The fraction of sp³-hybridized carbons (Fsp3) is 0.368. The van der Waals surface area contributed by atoms with E-state index in [4.69, 9.17) is 10.4 Å². The molecule has 2 rings (SSSR count). The maximum absolute atomic E-state index is 12.5. The average Bonchev–Trinajstić information content (AvgIpc) is 2.62. The van der Waals surface area contributed by atoms with Crippen LogP contribution in [0.5, 0.6) is 0 Å². The van der Waals surface area contributed by atoms with Gasteiger partial charge in [-0.25, -0.2) is 4.98 Å². The number of nitrogens with one attached hydrogen (secondary N) is 1. The number of aliphatic hydroxyl groups is 1. The van der Waals surface area contributed by atoms with E-state index < -0.39 is 5.41 Å². The van der Waals surface area contributed by atoms with Crippen molar-refractivity contribution in [3.05, 3.63) is 47.9 Å². The van der Waals surface area contributed by atoms with Crippen LogP contribution < -0.4 is 5.32 Å². The zero-order valence-corrected chi connectivity index (χ0v) is 14.7. The molecule has 1 heterocycles. The molecule has 6 heteroatoms. The minimum Gasteiger partial charge on any atom is -0.396 e. The predicted molar refractivity (Wildman–Crippen MR) is 94.5 cm³/mol. The lowest BCUT2D eigenvalue weighted by atomic mass is 9.83. The lowest BCUT2D eigenvalue weighted by molar-refractivity contribution is -0.126. The molecule has 0 spiro atoms. The number of hydrogen-bond donors (Lipinski definition) is 2. The lowest BCUT2D eigenvalue weighted by Gasteiger charge is -2.26. The zero-order valence-electron chi connectivity index (χ0n) is 14.7. The lowest BCUT2D eigenvalue weighted by Crippen LogP contribution is -2.44. The maximum atomic E-state index is 12.5. The Bertz CT molecular complexity index is 779. The van der Waals surface area contributed by atoms with Gasteiger partial charge in [0, 0.05) is 18.2 Å². The van der Waals surface area contributed by atoms with Crippen LogP contribution in [0.4, 0.5) is 0 Å². The molecule has 0 fully saturated rings. The first-order chi connectivity index (χ1) is 11.9. The topological polar surface area (TPSA) is 98.9 Å². The number of aliphatic hydroxyl groups excluding tert-OH is 1. The van der Waals surface area contributed by atoms with Gasteiger partial charge >= 0.3 is 0 Å². The summed E-state index contributed by atoms with van der Waals surface area (Å²) in [6.45, 7) is 5.63. The molecule has 0 radical (unpaired) electrons. The van der Waals surface area contributed by atoms with Gasteiger partial charge in [-0.15, -0.1) is 0 Å². The first-order valence-electron chi connectivity index (χ1n) is 8.13. The normalized spacial score (nSPS) is 12.3. The number of amides is 1. The Labute approximate surface area is 147 Å². The molecule has 0 aliphatic rings. The maximum Gasteiger partial charge on any atom is 0.230 e. The van der Waals surface area contributed by atoms with Crippen molar-refractivity contribution in [1.82, 2.24) is 15.3 Å². The highest BCUT2D eigenvalue weighted by Gasteiger charge is 2.30. The van der Waals surface area contributed by atoms with Crippen LogP contribution in [0.1, 0.15) is 38.4 Å². The Morgan fingerprint density at radius 2 is 2.00 bits per heavy atom. The fourth-order valence-electron chi connectivity index (χ4n) is 2.42. The van der Waals surface area contributed by atoms with Gasteiger partial charge in [0.1, 0.15) is 6.07 Å². The zero-order chi connectivity index (χ0) is 18.4. The van der Waals surface area contributed by atoms with Crippen LogP contribution in [0.15, 0.2) is 36.7 Å². The summed E-state index contributed by atoms with van der Waals surface area (Å²) in [5.74, 6) is -0.0903. The second-order valence-electron chi connectivity index (χ2n) is 6.49. The van der Waals surface area contributed by atoms with Gasteiger partial charge in [-0.1, -0.05) is 24.3 Å². The Hall–Kier alpha value is -2.78. The number of aromatic nitrogens is 2. The van der Waals surface area contributed by atoms with Crippen molar-refractivity contribution in [2.45, 2.75) is 38.6 Å². The molecule has 2 N–H and O–H groups in total.